The lowest BCUT2D eigenvalue weighted by Gasteiger charge is -2.07. The van der Waals surface area contributed by atoms with Gasteiger partial charge in [0.05, 0.1) is 12.5 Å². The van der Waals surface area contributed by atoms with E-state index in [0.717, 1.165) is 17.9 Å². The van der Waals surface area contributed by atoms with Crippen LogP contribution in [0.1, 0.15) is 12.5 Å². The third-order valence-electron chi connectivity index (χ3n) is 2.51. The van der Waals surface area contributed by atoms with Gasteiger partial charge < -0.3 is 10.1 Å². The van der Waals surface area contributed by atoms with Crippen LogP contribution >= 0.6 is 0 Å². The zero-order valence-corrected chi connectivity index (χ0v) is 10.8. The van der Waals surface area contributed by atoms with Gasteiger partial charge in [-0.25, -0.2) is 0 Å². The van der Waals surface area contributed by atoms with Gasteiger partial charge in [-0.3, -0.25) is 0 Å². The maximum Gasteiger partial charge on any atom is 0.221 e. The molecule has 4 nitrogen and oxygen atoms in total. The second-order valence-corrected chi connectivity index (χ2v) is 3.97. The number of nitriles is 1. The Morgan fingerprint density at radius 1 is 1.21 bits per heavy atom. The second kappa shape index (κ2) is 6.41. The van der Waals surface area contributed by atoms with Crippen LogP contribution in [0.15, 0.2) is 42.5 Å². The molecule has 0 saturated heterocycles. The number of rotatable bonds is 5. The molecule has 0 saturated carbocycles. The predicted molar refractivity (Wildman–Crippen MR) is 74.2 cm³/mol. The average molecular weight is 253 g/mol. The minimum atomic E-state index is 0.411. The van der Waals surface area contributed by atoms with E-state index in [2.05, 4.69) is 16.4 Å². The molecule has 0 aliphatic heterocycles. The van der Waals surface area contributed by atoms with Crippen molar-refractivity contribution >= 4 is 5.82 Å². The summed E-state index contributed by atoms with van der Waals surface area (Å²) in [5.41, 5.74) is 0.976. The van der Waals surface area contributed by atoms with E-state index in [9.17, 15) is 0 Å². The lowest BCUT2D eigenvalue weighted by molar-refractivity contribution is 0.463. The van der Waals surface area contributed by atoms with Gasteiger partial charge in [0.15, 0.2) is 0 Å². The maximum absolute atomic E-state index is 8.61. The van der Waals surface area contributed by atoms with Gasteiger partial charge >= 0.3 is 0 Å². The number of hydrogen-bond donors (Lipinski definition) is 1. The number of anilines is 1. The third-order valence-corrected chi connectivity index (χ3v) is 2.51. The van der Waals surface area contributed by atoms with Crippen molar-refractivity contribution in [3.05, 3.63) is 48.0 Å². The van der Waals surface area contributed by atoms with Crippen molar-refractivity contribution in [2.45, 2.75) is 13.3 Å². The number of aromatic nitrogens is 1. The fourth-order valence-electron chi connectivity index (χ4n) is 1.64. The number of ether oxygens (including phenoxy) is 1. The highest BCUT2D eigenvalue weighted by Crippen LogP contribution is 2.21. The van der Waals surface area contributed by atoms with Crippen molar-refractivity contribution in [3.8, 4) is 17.7 Å². The van der Waals surface area contributed by atoms with Crippen molar-refractivity contribution in [2.75, 3.05) is 11.9 Å². The van der Waals surface area contributed by atoms with E-state index < -0.39 is 0 Å². The largest absolute Gasteiger partial charge is 0.439 e. The number of pyridine rings is 1. The first-order valence-electron chi connectivity index (χ1n) is 6.16. The summed E-state index contributed by atoms with van der Waals surface area (Å²) < 4.78 is 5.66. The van der Waals surface area contributed by atoms with Crippen LogP contribution in [-0.2, 0) is 6.42 Å². The normalized spacial score (nSPS) is 9.68. The van der Waals surface area contributed by atoms with Gasteiger partial charge in [0.1, 0.15) is 11.6 Å². The molecule has 0 bridgehead atoms. The van der Waals surface area contributed by atoms with Gasteiger partial charge in [-0.15, -0.1) is 0 Å². The molecule has 4 heteroatoms. The number of nitrogens with one attached hydrogen (secondary N) is 1. The molecule has 0 atom stereocenters. The molecular formula is C15H15N3O. The number of hydrogen-bond acceptors (Lipinski definition) is 4. The van der Waals surface area contributed by atoms with Crippen molar-refractivity contribution in [2.24, 2.45) is 0 Å². The smallest absolute Gasteiger partial charge is 0.221 e. The number of benzene rings is 1. The fraction of sp³-hybridized carbons (Fsp3) is 0.200. The lowest BCUT2D eigenvalue weighted by Crippen LogP contribution is -1.99. The molecule has 1 aromatic carbocycles. The summed E-state index contributed by atoms with van der Waals surface area (Å²) in [4.78, 5) is 4.33. The summed E-state index contributed by atoms with van der Waals surface area (Å²) in [6.45, 7) is 2.84. The van der Waals surface area contributed by atoms with Crippen LogP contribution in [-0.4, -0.2) is 11.5 Å². The van der Waals surface area contributed by atoms with E-state index in [1.807, 2.05) is 49.4 Å². The summed E-state index contributed by atoms with van der Waals surface area (Å²) in [5, 5.41) is 11.7. The van der Waals surface area contributed by atoms with Gasteiger partial charge in [0.25, 0.3) is 0 Å². The molecule has 1 aromatic heterocycles. The molecule has 0 aliphatic carbocycles. The highest BCUT2D eigenvalue weighted by molar-refractivity contribution is 5.38. The molecule has 2 aromatic rings. The van der Waals surface area contributed by atoms with Crippen LogP contribution < -0.4 is 10.1 Å². The van der Waals surface area contributed by atoms with E-state index in [1.54, 1.807) is 0 Å². The van der Waals surface area contributed by atoms with Gasteiger partial charge in [-0.05, 0) is 30.7 Å². The van der Waals surface area contributed by atoms with E-state index in [4.69, 9.17) is 10.00 Å². The fourth-order valence-corrected chi connectivity index (χ4v) is 1.64. The van der Waals surface area contributed by atoms with Crippen molar-refractivity contribution in [3.63, 3.8) is 0 Å². The Morgan fingerprint density at radius 2 is 2.00 bits per heavy atom. The van der Waals surface area contributed by atoms with Crippen LogP contribution in [0, 0.1) is 11.3 Å². The quantitative estimate of drug-likeness (QED) is 0.887. The predicted octanol–water partition coefficient (Wildman–Crippen LogP) is 3.37. The molecule has 2 rings (SSSR count). The van der Waals surface area contributed by atoms with Crippen LogP contribution in [0.4, 0.5) is 5.82 Å². The Labute approximate surface area is 112 Å². The minimum Gasteiger partial charge on any atom is -0.439 e. The van der Waals surface area contributed by atoms with E-state index in [0.29, 0.717) is 18.1 Å². The van der Waals surface area contributed by atoms with Crippen molar-refractivity contribution < 1.29 is 4.74 Å². The summed E-state index contributed by atoms with van der Waals surface area (Å²) in [7, 11) is 0. The Hall–Kier alpha value is -2.54. The zero-order valence-electron chi connectivity index (χ0n) is 10.8. The van der Waals surface area contributed by atoms with E-state index in [1.165, 1.54) is 0 Å². The van der Waals surface area contributed by atoms with Crippen LogP contribution in [0.25, 0.3) is 0 Å². The van der Waals surface area contributed by atoms with Gasteiger partial charge in [-0.1, -0.05) is 18.2 Å². The van der Waals surface area contributed by atoms with Crippen LogP contribution in [0.2, 0.25) is 0 Å². The molecule has 19 heavy (non-hydrogen) atoms. The minimum absolute atomic E-state index is 0.411. The SMILES string of the molecule is CCNc1cccc(Oc2ccc(CC#N)cc2)n1. The van der Waals surface area contributed by atoms with E-state index >= 15 is 0 Å². The molecule has 0 fully saturated rings. The molecule has 0 unspecified atom stereocenters. The first-order valence-corrected chi connectivity index (χ1v) is 6.16. The van der Waals surface area contributed by atoms with Gasteiger partial charge in [-0.2, -0.15) is 10.2 Å². The summed E-state index contributed by atoms with van der Waals surface area (Å²) in [6, 6.07) is 15.2. The molecule has 0 spiro atoms. The first kappa shape index (κ1) is 12.9. The topological polar surface area (TPSA) is 57.9 Å². The lowest BCUT2D eigenvalue weighted by atomic mass is 10.2. The third kappa shape index (κ3) is 3.71. The number of nitrogens with zero attached hydrogens (tertiary/aromatic N) is 2. The Kier molecular flexibility index (Phi) is 4.35. The second-order valence-electron chi connectivity index (χ2n) is 3.97. The van der Waals surface area contributed by atoms with E-state index in [-0.39, 0.29) is 0 Å². The van der Waals surface area contributed by atoms with Crippen LogP contribution in [0.5, 0.6) is 11.6 Å². The molecule has 1 N–H and O–H groups in total. The zero-order chi connectivity index (χ0) is 13.5. The van der Waals surface area contributed by atoms with Crippen molar-refractivity contribution in [1.82, 2.24) is 4.98 Å². The van der Waals surface area contributed by atoms with Crippen LogP contribution in [0.3, 0.4) is 0 Å². The Morgan fingerprint density at radius 3 is 2.68 bits per heavy atom. The Bertz CT molecular complexity index is 573. The molecule has 0 aliphatic rings. The standard InChI is InChI=1S/C15H15N3O/c1-2-17-14-4-3-5-15(18-14)19-13-8-6-12(7-9-13)10-11-16/h3-9H,2,10H2,1H3,(H,17,18). The average Bonchev–Trinajstić information content (AvgIpc) is 2.42. The molecular weight excluding hydrogens is 238 g/mol. The van der Waals surface area contributed by atoms with Gasteiger partial charge in [0, 0.05) is 12.6 Å². The highest BCUT2D eigenvalue weighted by Gasteiger charge is 2.00. The summed E-state index contributed by atoms with van der Waals surface area (Å²) in [5.74, 6) is 2.05. The molecule has 0 radical (unpaired) electrons. The highest BCUT2D eigenvalue weighted by atomic mass is 16.5. The maximum atomic E-state index is 8.61. The Balaban J connectivity index is 2.08. The summed E-state index contributed by atoms with van der Waals surface area (Å²) in [6.07, 6.45) is 0.411. The monoisotopic (exact) mass is 253 g/mol. The molecule has 96 valence electrons. The first-order chi connectivity index (χ1) is 9.31. The van der Waals surface area contributed by atoms with Crippen molar-refractivity contribution in [1.29, 1.82) is 5.26 Å². The van der Waals surface area contributed by atoms with Gasteiger partial charge in [0.2, 0.25) is 5.88 Å². The summed E-state index contributed by atoms with van der Waals surface area (Å²) >= 11 is 0. The molecule has 1 heterocycles. The molecule has 0 amide bonds.